The van der Waals surface area contributed by atoms with Crippen molar-refractivity contribution in [2.75, 3.05) is 18.5 Å². The molecule has 0 radical (unpaired) electrons. The zero-order chi connectivity index (χ0) is 18.8. The van der Waals surface area contributed by atoms with Crippen molar-refractivity contribution in [2.45, 2.75) is 18.9 Å². The average Bonchev–Trinajstić information content (AvgIpc) is 3.17. The summed E-state index contributed by atoms with van der Waals surface area (Å²) in [6, 6.07) is 7.47. The molecule has 1 fully saturated rings. The molecule has 0 bridgehead atoms. The van der Waals surface area contributed by atoms with Crippen LogP contribution in [0.15, 0.2) is 36.7 Å². The van der Waals surface area contributed by atoms with E-state index in [1.165, 1.54) is 24.5 Å². The number of benzene rings is 2. The van der Waals surface area contributed by atoms with Gasteiger partial charge in [-0.15, -0.1) is 0 Å². The lowest BCUT2D eigenvalue weighted by molar-refractivity contribution is 0.0671. The van der Waals surface area contributed by atoms with E-state index in [2.05, 4.69) is 15.3 Å². The topological polar surface area (TPSA) is 76.5 Å². The molecular weight excluding hydrogens is 373 g/mol. The quantitative estimate of drug-likeness (QED) is 0.672. The van der Waals surface area contributed by atoms with Crippen LogP contribution in [-0.2, 0) is 4.74 Å². The first-order chi connectivity index (χ1) is 13.1. The number of aromatic hydroxyl groups is 1. The fourth-order valence-corrected chi connectivity index (χ4v) is 3.14. The molecule has 6 nitrogen and oxygen atoms in total. The van der Waals surface area contributed by atoms with Gasteiger partial charge in [-0.1, -0.05) is 11.6 Å². The number of anilines is 2. The zero-order valence-electron chi connectivity index (χ0n) is 14.3. The number of hydrogen-bond acceptors (Lipinski definition) is 6. The highest BCUT2D eigenvalue weighted by molar-refractivity contribution is 6.31. The summed E-state index contributed by atoms with van der Waals surface area (Å²) in [5, 5.41) is 14.0. The van der Waals surface area contributed by atoms with Crippen LogP contribution in [0.2, 0.25) is 5.02 Å². The molecule has 1 aliphatic rings. The number of phenolic OH excluding ortho intramolecular Hbond substituents is 1. The minimum atomic E-state index is -0.500. The number of nitrogens with zero attached hydrogens (tertiary/aromatic N) is 2. The number of aromatic nitrogens is 2. The second kappa shape index (κ2) is 7.54. The largest absolute Gasteiger partial charge is 0.504 e. The van der Waals surface area contributed by atoms with Gasteiger partial charge >= 0.3 is 0 Å². The Balaban J connectivity index is 1.60. The minimum absolute atomic E-state index is 0.00558. The number of halogens is 2. The Kier molecular flexibility index (Phi) is 4.96. The van der Waals surface area contributed by atoms with E-state index in [1.54, 1.807) is 12.1 Å². The van der Waals surface area contributed by atoms with Crippen LogP contribution in [0.4, 0.5) is 15.9 Å². The smallest absolute Gasteiger partial charge is 0.163 e. The third kappa shape index (κ3) is 3.89. The van der Waals surface area contributed by atoms with Gasteiger partial charge in [0.1, 0.15) is 24.6 Å². The molecule has 0 amide bonds. The summed E-state index contributed by atoms with van der Waals surface area (Å²) >= 11 is 5.82. The lowest BCUT2D eigenvalue weighted by Gasteiger charge is -2.14. The summed E-state index contributed by atoms with van der Waals surface area (Å²) in [6.07, 6.45) is 3.42. The van der Waals surface area contributed by atoms with E-state index in [0.29, 0.717) is 34.8 Å². The van der Waals surface area contributed by atoms with E-state index in [0.717, 1.165) is 19.4 Å². The number of rotatable bonds is 5. The highest BCUT2D eigenvalue weighted by atomic mass is 35.5. The number of ether oxygens (including phenoxy) is 2. The van der Waals surface area contributed by atoms with E-state index in [1.807, 2.05) is 0 Å². The van der Waals surface area contributed by atoms with Crippen LogP contribution in [0.3, 0.4) is 0 Å². The number of nitrogens with one attached hydrogen (secondary N) is 1. The molecule has 2 N–H and O–H groups in total. The van der Waals surface area contributed by atoms with Crippen LogP contribution in [-0.4, -0.2) is 34.4 Å². The maximum Gasteiger partial charge on any atom is 0.163 e. The molecule has 2 aromatic carbocycles. The molecule has 3 aromatic rings. The second-order valence-corrected chi connectivity index (χ2v) is 6.67. The Morgan fingerprint density at radius 2 is 2.19 bits per heavy atom. The van der Waals surface area contributed by atoms with Crippen molar-refractivity contribution in [1.82, 2.24) is 9.97 Å². The Morgan fingerprint density at radius 3 is 2.96 bits per heavy atom. The lowest BCUT2D eigenvalue weighted by atomic mass is 10.2. The molecule has 1 unspecified atom stereocenters. The highest BCUT2D eigenvalue weighted by Crippen LogP contribution is 2.34. The molecule has 0 aliphatic carbocycles. The standard InChI is InChI=1S/C19H17ClFN3O3/c20-14-6-11(3-4-15(14)21)24-19-13-7-17(25)18(8-16(13)22-10-23-19)27-9-12-2-1-5-26-12/h3-4,6-8,10,12,25H,1-2,5,9H2,(H,22,23,24). The monoisotopic (exact) mass is 389 g/mol. The summed E-state index contributed by atoms with van der Waals surface area (Å²) in [6.45, 7) is 1.12. The third-order valence-corrected chi connectivity index (χ3v) is 4.64. The van der Waals surface area contributed by atoms with Crippen molar-refractivity contribution in [3.8, 4) is 11.5 Å². The van der Waals surface area contributed by atoms with Gasteiger partial charge in [-0.25, -0.2) is 14.4 Å². The molecule has 1 aliphatic heterocycles. The number of hydrogen-bond donors (Lipinski definition) is 2. The van der Waals surface area contributed by atoms with Crippen molar-refractivity contribution >= 4 is 34.0 Å². The van der Waals surface area contributed by atoms with Crippen molar-refractivity contribution < 1.29 is 19.0 Å². The molecule has 1 aromatic heterocycles. The Bertz CT molecular complexity index is 980. The number of fused-ring (bicyclic) bond motifs is 1. The fourth-order valence-electron chi connectivity index (χ4n) is 2.96. The SMILES string of the molecule is Oc1cc2c(Nc3ccc(F)c(Cl)c3)ncnc2cc1OCC1CCCO1. The highest BCUT2D eigenvalue weighted by Gasteiger charge is 2.18. The van der Waals surface area contributed by atoms with E-state index >= 15 is 0 Å². The van der Waals surface area contributed by atoms with Gasteiger partial charge in [0.25, 0.3) is 0 Å². The minimum Gasteiger partial charge on any atom is -0.504 e. The van der Waals surface area contributed by atoms with Crippen molar-refractivity contribution in [3.63, 3.8) is 0 Å². The summed E-state index contributed by atoms with van der Waals surface area (Å²) in [4.78, 5) is 8.44. The molecule has 1 saturated heterocycles. The maximum absolute atomic E-state index is 13.3. The average molecular weight is 390 g/mol. The normalized spacial score (nSPS) is 16.6. The molecular formula is C19H17ClFN3O3. The van der Waals surface area contributed by atoms with Crippen molar-refractivity contribution in [3.05, 3.63) is 47.5 Å². The Labute approximate surface area is 159 Å². The van der Waals surface area contributed by atoms with Gasteiger partial charge in [0.15, 0.2) is 11.5 Å². The van der Waals surface area contributed by atoms with Gasteiger partial charge < -0.3 is 19.9 Å². The van der Waals surface area contributed by atoms with Crippen LogP contribution in [0.25, 0.3) is 10.9 Å². The van der Waals surface area contributed by atoms with Gasteiger partial charge in [0, 0.05) is 23.7 Å². The molecule has 2 heterocycles. The second-order valence-electron chi connectivity index (χ2n) is 6.26. The van der Waals surface area contributed by atoms with Gasteiger partial charge in [-0.3, -0.25) is 0 Å². The predicted octanol–water partition coefficient (Wildman–Crippen LogP) is 4.43. The number of phenols is 1. The van der Waals surface area contributed by atoms with Crippen molar-refractivity contribution in [2.24, 2.45) is 0 Å². The molecule has 140 valence electrons. The first-order valence-electron chi connectivity index (χ1n) is 8.54. The molecule has 27 heavy (non-hydrogen) atoms. The van der Waals surface area contributed by atoms with Crippen LogP contribution in [0.1, 0.15) is 12.8 Å². The van der Waals surface area contributed by atoms with Gasteiger partial charge in [-0.2, -0.15) is 0 Å². The van der Waals surface area contributed by atoms with E-state index in [-0.39, 0.29) is 16.9 Å². The molecule has 1 atom stereocenters. The van der Waals surface area contributed by atoms with Gasteiger partial charge in [0.2, 0.25) is 0 Å². The van der Waals surface area contributed by atoms with E-state index in [4.69, 9.17) is 21.1 Å². The lowest BCUT2D eigenvalue weighted by Crippen LogP contribution is -2.16. The first-order valence-corrected chi connectivity index (χ1v) is 8.92. The van der Waals surface area contributed by atoms with Crippen molar-refractivity contribution in [1.29, 1.82) is 0 Å². The van der Waals surface area contributed by atoms with Crippen LogP contribution < -0.4 is 10.1 Å². The third-order valence-electron chi connectivity index (χ3n) is 4.35. The summed E-state index contributed by atoms with van der Waals surface area (Å²) in [7, 11) is 0. The molecule has 0 spiro atoms. The van der Waals surface area contributed by atoms with Crippen LogP contribution >= 0.6 is 11.6 Å². The molecule has 8 heteroatoms. The Hall–Kier alpha value is -2.64. The fraction of sp³-hybridized carbons (Fsp3) is 0.263. The summed E-state index contributed by atoms with van der Waals surface area (Å²) in [5.74, 6) is 0.284. The first kappa shape index (κ1) is 17.8. The maximum atomic E-state index is 13.3. The van der Waals surface area contributed by atoms with Gasteiger partial charge in [0.05, 0.1) is 16.6 Å². The van der Waals surface area contributed by atoms with E-state index in [9.17, 15) is 9.50 Å². The van der Waals surface area contributed by atoms with Crippen LogP contribution in [0.5, 0.6) is 11.5 Å². The Morgan fingerprint density at radius 1 is 1.30 bits per heavy atom. The zero-order valence-corrected chi connectivity index (χ0v) is 15.0. The summed E-state index contributed by atoms with van der Waals surface area (Å²) < 4.78 is 24.6. The molecule has 0 saturated carbocycles. The predicted molar refractivity (Wildman–Crippen MR) is 100 cm³/mol. The summed E-state index contributed by atoms with van der Waals surface area (Å²) in [5.41, 5.74) is 1.17. The molecule has 4 rings (SSSR count). The van der Waals surface area contributed by atoms with Gasteiger partial charge in [-0.05, 0) is 37.1 Å². The van der Waals surface area contributed by atoms with E-state index < -0.39 is 5.82 Å². The van der Waals surface area contributed by atoms with Crippen LogP contribution in [0, 0.1) is 5.82 Å².